The lowest BCUT2D eigenvalue weighted by Crippen LogP contribution is -2.32. The van der Waals surface area contributed by atoms with Crippen LogP contribution in [0.1, 0.15) is 58.3 Å². The molecule has 0 aromatic heterocycles. The molecule has 1 saturated carbocycles. The molecule has 1 N–H and O–H groups in total. The summed E-state index contributed by atoms with van der Waals surface area (Å²) in [6.45, 7) is 2.23. The van der Waals surface area contributed by atoms with Gasteiger partial charge in [-0.25, -0.2) is 0 Å². The van der Waals surface area contributed by atoms with Gasteiger partial charge in [0.2, 0.25) is 0 Å². The molecule has 2 rings (SSSR count). The lowest BCUT2D eigenvalue weighted by Gasteiger charge is -2.34. The average molecular weight is 208 g/mol. The SMILES string of the molecule is CC1C=CC(O)(CC2CCCCC2)CC1. The van der Waals surface area contributed by atoms with Gasteiger partial charge in [-0.1, -0.05) is 51.2 Å². The van der Waals surface area contributed by atoms with Crippen LogP contribution in [0.15, 0.2) is 12.2 Å². The second-order valence-electron chi connectivity index (χ2n) is 5.69. The van der Waals surface area contributed by atoms with Crippen LogP contribution in [0.2, 0.25) is 0 Å². The van der Waals surface area contributed by atoms with Crippen molar-refractivity contribution in [2.24, 2.45) is 11.8 Å². The van der Waals surface area contributed by atoms with Crippen molar-refractivity contribution in [1.82, 2.24) is 0 Å². The first-order chi connectivity index (χ1) is 7.18. The highest BCUT2D eigenvalue weighted by atomic mass is 16.3. The Kier molecular flexibility index (Phi) is 3.50. The van der Waals surface area contributed by atoms with Crippen LogP contribution in [0.25, 0.3) is 0 Å². The van der Waals surface area contributed by atoms with Crippen molar-refractivity contribution in [1.29, 1.82) is 0 Å². The van der Waals surface area contributed by atoms with Crippen LogP contribution < -0.4 is 0 Å². The molecule has 86 valence electrons. The van der Waals surface area contributed by atoms with Crippen LogP contribution in [0.3, 0.4) is 0 Å². The van der Waals surface area contributed by atoms with Gasteiger partial charge in [0.05, 0.1) is 5.60 Å². The summed E-state index contributed by atoms with van der Waals surface area (Å²) in [5.74, 6) is 1.44. The minimum Gasteiger partial charge on any atom is -0.386 e. The summed E-state index contributed by atoms with van der Waals surface area (Å²) < 4.78 is 0. The maximum atomic E-state index is 10.5. The summed E-state index contributed by atoms with van der Waals surface area (Å²) in [6.07, 6.45) is 14.3. The van der Waals surface area contributed by atoms with E-state index >= 15 is 0 Å². The Balaban J connectivity index is 1.89. The van der Waals surface area contributed by atoms with Gasteiger partial charge in [0.1, 0.15) is 0 Å². The number of allylic oxidation sites excluding steroid dienone is 1. The highest BCUT2D eigenvalue weighted by molar-refractivity contribution is 5.07. The molecule has 0 aliphatic heterocycles. The Morgan fingerprint density at radius 2 is 1.93 bits per heavy atom. The van der Waals surface area contributed by atoms with E-state index in [0.29, 0.717) is 5.92 Å². The number of hydrogen-bond acceptors (Lipinski definition) is 1. The highest BCUT2D eigenvalue weighted by Gasteiger charge is 2.30. The summed E-state index contributed by atoms with van der Waals surface area (Å²) in [6, 6.07) is 0. The van der Waals surface area contributed by atoms with E-state index in [1.54, 1.807) is 0 Å². The second kappa shape index (κ2) is 4.69. The Hall–Kier alpha value is -0.300. The zero-order chi connectivity index (χ0) is 10.7. The van der Waals surface area contributed by atoms with Gasteiger partial charge in [0, 0.05) is 0 Å². The van der Waals surface area contributed by atoms with E-state index in [1.165, 1.54) is 32.1 Å². The van der Waals surface area contributed by atoms with Gasteiger partial charge >= 0.3 is 0 Å². The molecule has 0 spiro atoms. The Morgan fingerprint density at radius 1 is 1.20 bits per heavy atom. The number of aliphatic hydroxyl groups is 1. The minimum absolute atomic E-state index is 0.464. The van der Waals surface area contributed by atoms with Gasteiger partial charge in [-0.2, -0.15) is 0 Å². The summed E-state index contributed by atoms with van der Waals surface area (Å²) in [7, 11) is 0. The number of hydrogen-bond donors (Lipinski definition) is 1. The topological polar surface area (TPSA) is 20.2 Å². The van der Waals surface area contributed by atoms with Crippen molar-refractivity contribution in [3.05, 3.63) is 12.2 Å². The van der Waals surface area contributed by atoms with Gasteiger partial charge in [-0.05, 0) is 31.1 Å². The first-order valence-corrected chi connectivity index (χ1v) is 6.60. The molecular formula is C14H24O. The van der Waals surface area contributed by atoms with Crippen LogP contribution in [0, 0.1) is 11.8 Å². The molecule has 0 amide bonds. The van der Waals surface area contributed by atoms with E-state index in [-0.39, 0.29) is 0 Å². The van der Waals surface area contributed by atoms with Crippen LogP contribution >= 0.6 is 0 Å². The predicted octanol–water partition coefficient (Wildman–Crippen LogP) is 3.67. The fourth-order valence-corrected chi connectivity index (χ4v) is 3.06. The third kappa shape index (κ3) is 3.07. The molecule has 0 heterocycles. The van der Waals surface area contributed by atoms with Crippen LogP contribution in [-0.2, 0) is 0 Å². The van der Waals surface area contributed by atoms with Crippen LogP contribution in [0.4, 0.5) is 0 Å². The first-order valence-electron chi connectivity index (χ1n) is 6.60. The van der Waals surface area contributed by atoms with Gasteiger partial charge in [0.15, 0.2) is 0 Å². The normalized spacial score (nSPS) is 38.1. The third-order valence-corrected chi connectivity index (χ3v) is 4.13. The first kappa shape index (κ1) is 11.2. The average Bonchev–Trinajstić information content (AvgIpc) is 2.24. The molecule has 0 aromatic carbocycles. The molecule has 1 heteroatoms. The summed E-state index contributed by atoms with van der Waals surface area (Å²) in [5, 5.41) is 10.5. The third-order valence-electron chi connectivity index (χ3n) is 4.13. The van der Waals surface area contributed by atoms with E-state index < -0.39 is 5.60 Å². The van der Waals surface area contributed by atoms with Gasteiger partial charge in [-0.3, -0.25) is 0 Å². The highest BCUT2D eigenvalue weighted by Crippen LogP contribution is 2.36. The predicted molar refractivity (Wildman–Crippen MR) is 63.7 cm³/mol. The Bertz CT molecular complexity index is 227. The summed E-state index contributed by atoms with van der Waals surface area (Å²) in [4.78, 5) is 0. The van der Waals surface area contributed by atoms with Crippen molar-refractivity contribution < 1.29 is 5.11 Å². The smallest absolute Gasteiger partial charge is 0.0830 e. The molecule has 0 bridgehead atoms. The van der Waals surface area contributed by atoms with Crippen molar-refractivity contribution in [2.45, 2.75) is 63.9 Å². The van der Waals surface area contributed by atoms with Crippen molar-refractivity contribution in [3.8, 4) is 0 Å². The summed E-state index contributed by atoms with van der Waals surface area (Å²) in [5.41, 5.74) is -0.464. The quantitative estimate of drug-likeness (QED) is 0.686. The molecule has 1 fully saturated rings. The van der Waals surface area contributed by atoms with E-state index in [9.17, 15) is 5.11 Å². The zero-order valence-electron chi connectivity index (χ0n) is 9.91. The van der Waals surface area contributed by atoms with Gasteiger partial charge in [0.25, 0.3) is 0 Å². The fourth-order valence-electron chi connectivity index (χ4n) is 3.06. The molecule has 2 unspecified atom stereocenters. The molecule has 0 saturated heterocycles. The Labute approximate surface area is 93.6 Å². The van der Waals surface area contributed by atoms with Gasteiger partial charge < -0.3 is 5.11 Å². The molecule has 2 aliphatic carbocycles. The van der Waals surface area contributed by atoms with E-state index in [4.69, 9.17) is 0 Å². The Morgan fingerprint density at radius 3 is 2.53 bits per heavy atom. The molecule has 15 heavy (non-hydrogen) atoms. The largest absolute Gasteiger partial charge is 0.386 e. The van der Waals surface area contributed by atoms with Crippen molar-refractivity contribution in [3.63, 3.8) is 0 Å². The molecule has 2 atom stereocenters. The maximum Gasteiger partial charge on any atom is 0.0830 e. The number of rotatable bonds is 2. The van der Waals surface area contributed by atoms with E-state index in [1.807, 2.05) is 0 Å². The van der Waals surface area contributed by atoms with Crippen LogP contribution in [-0.4, -0.2) is 10.7 Å². The second-order valence-corrected chi connectivity index (χ2v) is 5.69. The molecular weight excluding hydrogens is 184 g/mol. The van der Waals surface area contributed by atoms with E-state index in [2.05, 4.69) is 19.1 Å². The lowest BCUT2D eigenvalue weighted by molar-refractivity contribution is 0.0376. The van der Waals surface area contributed by atoms with E-state index in [0.717, 1.165) is 25.2 Å². The van der Waals surface area contributed by atoms with Crippen molar-refractivity contribution in [2.75, 3.05) is 0 Å². The molecule has 2 aliphatic rings. The lowest BCUT2D eigenvalue weighted by atomic mass is 9.76. The standard InChI is InChI=1S/C14H24O/c1-12-7-9-14(15,10-8-12)11-13-5-3-2-4-6-13/h7,9,12-13,15H,2-6,8,10-11H2,1H3. The molecule has 0 radical (unpaired) electrons. The monoisotopic (exact) mass is 208 g/mol. The molecule has 1 nitrogen and oxygen atoms in total. The van der Waals surface area contributed by atoms with Crippen molar-refractivity contribution >= 4 is 0 Å². The zero-order valence-corrected chi connectivity index (χ0v) is 9.91. The molecule has 0 aromatic rings. The minimum atomic E-state index is -0.464. The summed E-state index contributed by atoms with van der Waals surface area (Å²) >= 11 is 0. The van der Waals surface area contributed by atoms with Crippen LogP contribution in [0.5, 0.6) is 0 Å². The maximum absolute atomic E-state index is 10.5. The fraction of sp³-hybridized carbons (Fsp3) is 0.857. The van der Waals surface area contributed by atoms with Gasteiger partial charge in [-0.15, -0.1) is 0 Å².